The van der Waals surface area contributed by atoms with Gasteiger partial charge in [0.25, 0.3) is 5.91 Å². The van der Waals surface area contributed by atoms with Crippen LogP contribution in [-0.4, -0.2) is 32.1 Å². The molecule has 1 aromatic carbocycles. The number of nitrogens with zero attached hydrogens (tertiary/aromatic N) is 1. The first-order valence-electron chi connectivity index (χ1n) is 6.51. The second kappa shape index (κ2) is 5.59. The third kappa shape index (κ3) is 3.05. The van der Waals surface area contributed by atoms with E-state index in [1.165, 1.54) is 0 Å². The van der Waals surface area contributed by atoms with Crippen molar-refractivity contribution in [3.8, 4) is 5.75 Å². The first-order valence-corrected chi connectivity index (χ1v) is 6.51. The minimum Gasteiger partial charge on any atom is -0.482 e. The molecule has 1 atom stereocenters. The maximum atomic E-state index is 11.6. The lowest BCUT2D eigenvalue weighted by molar-refractivity contribution is -0.120. The van der Waals surface area contributed by atoms with E-state index in [2.05, 4.69) is 19.2 Å². The largest absolute Gasteiger partial charge is 0.482 e. The average molecular weight is 263 g/mol. The number of fused-ring (bicyclic) bond motifs is 1. The Balaban J connectivity index is 2.18. The minimum atomic E-state index is -0.0990. The number of amides is 1. The molecule has 3 N–H and O–H groups in total. The molecule has 104 valence electrons. The number of benzene rings is 1. The lowest BCUT2D eigenvalue weighted by atomic mass is 10.1. The Hall–Kier alpha value is -1.59. The SMILES string of the molecule is CC(C)NCC(N)c1ccc2c(c1)N(C)C(=O)CO2. The zero-order valence-electron chi connectivity index (χ0n) is 11.6. The molecule has 0 fully saturated rings. The third-order valence-corrected chi connectivity index (χ3v) is 3.24. The Bertz CT molecular complexity index is 474. The van der Waals surface area contributed by atoms with Crippen LogP contribution in [0.25, 0.3) is 0 Å². The summed E-state index contributed by atoms with van der Waals surface area (Å²) in [5.41, 5.74) is 7.93. The van der Waals surface area contributed by atoms with Crippen molar-refractivity contribution < 1.29 is 9.53 Å². The molecule has 1 unspecified atom stereocenters. The van der Waals surface area contributed by atoms with Gasteiger partial charge in [-0.3, -0.25) is 4.79 Å². The molecule has 19 heavy (non-hydrogen) atoms. The smallest absolute Gasteiger partial charge is 0.264 e. The highest BCUT2D eigenvalue weighted by atomic mass is 16.5. The van der Waals surface area contributed by atoms with Crippen molar-refractivity contribution in [3.63, 3.8) is 0 Å². The maximum Gasteiger partial charge on any atom is 0.264 e. The molecule has 5 nitrogen and oxygen atoms in total. The molecular formula is C14H21N3O2. The van der Waals surface area contributed by atoms with Gasteiger partial charge in [-0.2, -0.15) is 0 Å². The van der Waals surface area contributed by atoms with E-state index in [4.69, 9.17) is 10.5 Å². The Labute approximate surface area is 113 Å². The second-order valence-electron chi connectivity index (χ2n) is 5.14. The van der Waals surface area contributed by atoms with Crippen molar-refractivity contribution in [2.75, 3.05) is 25.1 Å². The molecule has 5 heteroatoms. The summed E-state index contributed by atoms with van der Waals surface area (Å²) >= 11 is 0. The zero-order valence-corrected chi connectivity index (χ0v) is 11.6. The molecule has 1 amide bonds. The van der Waals surface area contributed by atoms with Crippen LogP contribution in [0.2, 0.25) is 0 Å². The predicted octanol–water partition coefficient (Wildman–Crippen LogP) is 1.04. The van der Waals surface area contributed by atoms with E-state index in [0.29, 0.717) is 12.6 Å². The van der Waals surface area contributed by atoms with Crippen LogP contribution in [0.5, 0.6) is 5.75 Å². The van der Waals surface area contributed by atoms with Gasteiger partial charge in [0, 0.05) is 25.7 Å². The number of anilines is 1. The fourth-order valence-electron chi connectivity index (χ4n) is 2.00. The molecule has 0 saturated heterocycles. The molecule has 0 aliphatic carbocycles. The van der Waals surface area contributed by atoms with E-state index in [-0.39, 0.29) is 18.6 Å². The summed E-state index contributed by atoms with van der Waals surface area (Å²) in [6, 6.07) is 6.06. The number of carbonyl (C=O) groups is 1. The van der Waals surface area contributed by atoms with Crippen LogP contribution in [0.3, 0.4) is 0 Å². The summed E-state index contributed by atoms with van der Waals surface area (Å²) in [7, 11) is 1.76. The van der Waals surface area contributed by atoms with Gasteiger partial charge in [0.1, 0.15) is 5.75 Å². The monoisotopic (exact) mass is 263 g/mol. The van der Waals surface area contributed by atoms with Crippen molar-refractivity contribution >= 4 is 11.6 Å². The molecule has 0 bridgehead atoms. The number of likely N-dealkylation sites (N-methyl/N-ethyl adjacent to an activating group) is 1. The number of nitrogens with one attached hydrogen (secondary N) is 1. The van der Waals surface area contributed by atoms with E-state index in [9.17, 15) is 4.79 Å². The Morgan fingerprint density at radius 3 is 2.89 bits per heavy atom. The van der Waals surface area contributed by atoms with E-state index in [1.807, 2.05) is 18.2 Å². The Kier molecular flexibility index (Phi) is 4.07. The fraction of sp³-hybridized carbons (Fsp3) is 0.500. The van der Waals surface area contributed by atoms with Gasteiger partial charge in [-0.15, -0.1) is 0 Å². The number of ether oxygens (including phenoxy) is 1. The summed E-state index contributed by atoms with van der Waals surface area (Å²) in [4.78, 5) is 13.2. The number of hydrogen-bond donors (Lipinski definition) is 2. The molecule has 0 spiro atoms. The van der Waals surface area contributed by atoms with Crippen molar-refractivity contribution in [1.29, 1.82) is 0 Å². The van der Waals surface area contributed by atoms with Crippen LogP contribution in [0.1, 0.15) is 25.5 Å². The van der Waals surface area contributed by atoms with Gasteiger partial charge < -0.3 is 20.7 Å². The third-order valence-electron chi connectivity index (χ3n) is 3.24. The molecule has 1 aliphatic heterocycles. The van der Waals surface area contributed by atoms with Crippen molar-refractivity contribution in [1.82, 2.24) is 5.32 Å². The van der Waals surface area contributed by atoms with Gasteiger partial charge in [0.05, 0.1) is 5.69 Å². The summed E-state index contributed by atoms with van der Waals surface area (Å²) in [6.45, 7) is 4.97. The first-order chi connectivity index (χ1) is 8.99. The maximum absolute atomic E-state index is 11.6. The molecule has 2 rings (SSSR count). The summed E-state index contributed by atoms with van der Waals surface area (Å²) in [5.74, 6) is 0.688. The van der Waals surface area contributed by atoms with Gasteiger partial charge in [0.15, 0.2) is 6.61 Å². The molecule has 1 aliphatic rings. The second-order valence-corrected chi connectivity index (χ2v) is 5.14. The van der Waals surface area contributed by atoms with Crippen LogP contribution in [0.15, 0.2) is 18.2 Å². The van der Waals surface area contributed by atoms with Crippen molar-refractivity contribution in [2.45, 2.75) is 25.9 Å². The highest BCUT2D eigenvalue weighted by Gasteiger charge is 2.23. The van der Waals surface area contributed by atoms with Gasteiger partial charge in [-0.05, 0) is 17.7 Å². The standard InChI is InChI=1S/C14H21N3O2/c1-9(2)16-7-11(15)10-4-5-13-12(6-10)17(3)14(18)8-19-13/h4-6,9,11,16H,7-8,15H2,1-3H3. The molecule has 1 heterocycles. The average Bonchev–Trinajstić information content (AvgIpc) is 2.40. The van der Waals surface area contributed by atoms with Crippen molar-refractivity contribution in [3.05, 3.63) is 23.8 Å². The van der Waals surface area contributed by atoms with Crippen LogP contribution in [-0.2, 0) is 4.79 Å². The summed E-state index contributed by atoms with van der Waals surface area (Å²) in [5, 5.41) is 3.31. The molecule has 0 aromatic heterocycles. The fourth-order valence-corrected chi connectivity index (χ4v) is 2.00. The van der Waals surface area contributed by atoms with E-state index in [1.54, 1.807) is 11.9 Å². The van der Waals surface area contributed by atoms with Crippen LogP contribution < -0.4 is 20.7 Å². The minimum absolute atomic E-state index is 0.0430. The van der Waals surface area contributed by atoms with Gasteiger partial charge >= 0.3 is 0 Å². The van der Waals surface area contributed by atoms with Crippen LogP contribution in [0.4, 0.5) is 5.69 Å². The normalized spacial score (nSPS) is 16.3. The first kappa shape index (κ1) is 13.8. The van der Waals surface area contributed by atoms with Gasteiger partial charge in [-0.1, -0.05) is 19.9 Å². The topological polar surface area (TPSA) is 67.6 Å². The van der Waals surface area contributed by atoms with Gasteiger partial charge in [0.2, 0.25) is 0 Å². The number of carbonyl (C=O) groups excluding carboxylic acids is 1. The lowest BCUT2D eigenvalue weighted by Gasteiger charge is -2.27. The zero-order chi connectivity index (χ0) is 14.0. The van der Waals surface area contributed by atoms with Crippen LogP contribution >= 0.6 is 0 Å². The quantitative estimate of drug-likeness (QED) is 0.851. The number of hydrogen-bond acceptors (Lipinski definition) is 4. The number of rotatable bonds is 4. The molecular weight excluding hydrogens is 242 g/mol. The van der Waals surface area contributed by atoms with E-state index >= 15 is 0 Å². The van der Waals surface area contributed by atoms with Gasteiger partial charge in [-0.25, -0.2) is 0 Å². The molecule has 1 aromatic rings. The van der Waals surface area contributed by atoms with E-state index < -0.39 is 0 Å². The van der Waals surface area contributed by atoms with Crippen molar-refractivity contribution in [2.24, 2.45) is 5.73 Å². The molecule has 0 saturated carbocycles. The highest BCUT2D eigenvalue weighted by Crippen LogP contribution is 2.33. The Morgan fingerprint density at radius 1 is 1.47 bits per heavy atom. The van der Waals surface area contributed by atoms with Crippen LogP contribution in [0, 0.1) is 0 Å². The Morgan fingerprint density at radius 2 is 2.21 bits per heavy atom. The van der Waals surface area contributed by atoms with E-state index in [0.717, 1.165) is 17.0 Å². The predicted molar refractivity (Wildman–Crippen MR) is 75.4 cm³/mol. The molecule has 0 radical (unpaired) electrons. The summed E-state index contributed by atoms with van der Waals surface area (Å²) < 4.78 is 5.39. The summed E-state index contributed by atoms with van der Waals surface area (Å²) in [6.07, 6.45) is 0. The lowest BCUT2D eigenvalue weighted by Crippen LogP contribution is -2.36. The highest BCUT2D eigenvalue weighted by molar-refractivity contribution is 5.97. The number of nitrogens with two attached hydrogens (primary N) is 1.